The Morgan fingerprint density at radius 1 is 1.47 bits per heavy atom. The molecule has 90 valence electrons. The molecule has 0 bridgehead atoms. The van der Waals surface area contributed by atoms with Gasteiger partial charge in [0, 0.05) is 37.0 Å². The minimum atomic E-state index is 0.699. The summed E-state index contributed by atoms with van der Waals surface area (Å²) >= 11 is 1.98. The molecule has 0 aromatic rings. The van der Waals surface area contributed by atoms with Crippen LogP contribution >= 0.6 is 11.8 Å². The van der Waals surface area contributed by atoms with Crippen molar-refractivity contribution in [1.29, 1.82) is 0 Å². The Hall–Kier alpha value is 0.270. The van der Waals surface area contributed by atoms with E-state index in [2.05, 4.69) is 37.2 Å². The molecule has 3 unspecified atom stereocenters. The van der Waals surface area contributed by atoms with Crippen LogP contribution in [-0.4, -0.2) is 48.1 Å². The van der Waals surface area contributed by atoms with E-state index in [4.69, 9.17) is 0 Å². The molecular weight excluding hydrogens is 204 g/mol. The largest absolute Gasteiger partial charge is 0.311 e. The maximum Gasteiger partial charge on any atom is 0.0196 e. The van der Waals surface area contributed by atoms with E-state index in [1.807, 2.05) is 11.8 Å². The quantitative estimate of drug-likeness (QED) is 0.779. The van der Waals surface area contributed by atoms with Gasteiger partial charge in [0.25, 0.3) is 0 Å². The highest BCUT2D eigenvalue weighted by Crippen LogP contribution is 2.17. The monoisotopic (exact) mass is 230 g/mol. The molecule has 1 fully saturated rings. The SMILES string of the molecule is CCC1CN(C(CC)CSC)C(C)CN1. The van der Waals surface area contributed by atoms with Crippen molar-refractivity contribution < 1.29 is 0 Å². The van der Waals surface area contributed by atoms with Crippen LogP contribution < -0.4 is 5.32 Å². The lowest BCUT2D eigenvalue weighted by Gasteiger charge is -2.43. The first-order valence-corrected chi connectivity index (χ1v) is 7.60. The van der Waals surface area contributed by atoms with E-state index < -0.39 is 0 Å². The fraction of sp³-hybridized carbons (Fsp3) is 1.00. The van der Waals surface area contributed by atoms with Gasteiger partial charge in [0.15, 0.2) is 0 Å². The molecule has 1 heterocycles. The zero-order chi connectivity index (χ0) is 11.3. The summed E-state index contributed by atoms with van der Waals surface area (Å²) in [7, 11) is 0. The van der Waals surface area contributed by atoms with Crippen molar-refractivity contribution in [2.45, 2.75) is 51.7 Å². The molecule has 1 saturated heterocycles. The maximum absolute atomic E-state index is 3.62. The molecule has 1 rings (SSSR count). The van der Waals surface area contributed by atoms with E-state index in [9.17, 15) is 0 Å². The fourth-order valence-corrected chi connectivity index (χ4v) is 3.19. The third-order valence-electron chi connectivity index (χ3n) is 3.49. The van der Waals surface area contributed by atoms with E-state index in [1.165, 1.54) is 25.1 Å². The average Bonchev–Trinajstić information content (AvgIpc) is 2.27. The van der Waals surface area contributed by atoms with Gasteiger partial charge in [-0.1, -0.05) is 13.8 Å². The van der Waals surface area contributed by atoms with E-state index in [-0.39, 0.29) is 0 Å². The summed E-state index contributed by atoms with van der Waals surface area (Å²) in [6, 6.07) is 2.17. The van der Waals surface area contributed by atoms with Gasteiger partial charge in [0.05, 0.1) is 0 Å². The summed E-state index contributed by atoms with van der Waals surface area (Å²) in [4.78, 5) is 2.71. The summed E-state index contributed by atoms with van der Waals surface area (Å²) in [5.74, 6) is 1.28. The minimum Gasteiger partial charge on any atom is -0.311 e. The molecule has 3 atom stereocenters. The highest BCUT2D eigenvalue weighted by molar-refractivity contribution is 7.98. The third-order valence-corrected chi connectivity index (χ3v) is 4.21. The fourth-order valence-electron chi connectivity index (χ4n) is 2.38. The van der Waals surface area contributed by atoms with Crippen LogP contribution in [0.15, 0.2) is 0 Å². The van der Waals surface area contributed by atoms with Gasteiger partial charge in [-0.05, 0) is 26.0 Å². The van der Waals surface area contributed by atoms with Gasteiger partial charge < -0.3 is 5.32 Å². The Bertz CT molecular complexity index is 175. The van der Waals surface area contributed by atoms with Crippen molar-refractivity contribution in [2.24, 2.45) is 0 Å². The van der Waals surface area contributed by atoms with Gasteiger partial charge in [0.2, 0.25) is 0 Å². The van der Waals surface area contributed by atoms with Crippen molar-refractivity contribution >= 4 is 11.8 Å². The molecule has 1 aliphatic heterocycles. The smallest absolute Gasteiger partial charge is 0.0196 e. The van der Waals surface area contributed by atoms with Crippen molar-refractivity contribution in [1.82, 2.24) is 10.2 Å². The Morgan fingerprint density at radius 3 is 2.73 bits per heavy atom. The van der Waals surface area contributed by atoms with Crippen molar-refractivity contribution in [3.05, 3.63) is 0 Å². The number of hydrogen-bond donors (Lipinski definition) is 1. The summed E-state index contributed by atoms with van der Waals surface area (Å²) in [6.07, 6.45) is 4.74. The lowest BCUT2D eigenvalue weighted by molar-refractivity contribution is 0.0977. The minimum absolute atomic E-state index is 0.699. The van der Waals surface area contributed by atoms with Crippen LogP contribution in [0.5, 0.6) is 0 Å². The van der Waals surface area contributed by atoms with E-state index in [0.717, 1.165) is 12.6 Å². The number of nitrogens with one attached hydrogen (secondary N) is 1. The van der Waals surface area contributed by atoms with Crippen LogP contribution in [0, 0.1) is 0 Å². The number of thioether (sulfide) groups is 1. The zero-order valence-corrected chi connectivity index (χ0v) is 11.4. The van der Waals surface area contributed by atoms with Gasteiger partial charge in [-0.25, -0.2) is 0 Å². The lowest BCUT2D eigenvalue weighted by Crippen LogP contribution is -2.58. The van der Waals surface area contributed by atoms with Crippen LogP contribution in [0.1, 0.15) is 33.6 Å². The molecule has 0 amide bonds. The van der Waals surface area contributed by atoms with E-state index in [1.54, 1.807) is 0 Å². The first-order valence-electron chi connectivity index (χ1n) is 6.20. The summed E-state index contributed by atoms with van der Waals surface area (Å²) < 4.78 is 0. The number of nitrogens with zero attached hydrogens (tertiary/aromatic N) is 1. The van der Waals surface area contributed by atoms with Gasteiger partial charge in [-0.3, -0.25) is 4.90 Å². The molecule has 0 radical (unpaired) electrons. The van der Waals surface area contributed by atoms with Crippen molar-refractivity contribution in [2.75, 3.05) is 25.1 Å². The third kappa shape index (κ3) is 3.65. The Balaban J connectivity index is 2.54. The summed E-state index contributed by atoms with van der Waals surface area (Å²) in [5.41, 5.74) is 0. The molecule has 2 nitrogen and oxygen atoms in total. The second-order valence-electron chi connectivity index (χ2n) is 4.58. The number of piperazine rings is 1. The van der Waals surface area contributed by atoms with Gasteiger partial charge in [-0.15, -0.1) is 0 Å². The van der Waals surface area contributed by atoms with Crippen LogP contribution in [0.25, 0.3) is 0 Å². The highest BCUT2D eigenvalue weighted by atomic mass is 32.2. The average molecular weight is 230 g/mol. The van der Waals surface area contributed by atoms with Gasteiger partial charge >= 0.3 is 0 Å². The second-order valence-corrected chi connectivity index (χ2v) is 5.49. The molecule has 0 spiro atoms. The van der Waals surface area contributed by atoms with Crippen LogP contribution in [0.2, 0.25) is 0 Å². The van der Waals surface area contributed by atoms with Gasteiger partial charge in [-0.2, -0.15) is 11.8 Å². The molecule has 0 saturated carbocycles. The topological polar surface area (TPSA) is 15.3 Å². The van der Waals surface area contributed by atoms with Crippen LogP contribution in [-0.2, 0) is 0 Å². The molecule has 1 N–H and O–H groups in total. The molecule has 3 heteroatoms. The number of hydrogen-bond acceptors (Lipinski definition) is 3. The predicted octanol–water partition coefficient (Wildman–Crippen LogP) is 2.20. The normalized spacial score (nSPS) is 30.4. The van der Waals surface area contributed by atoms with Crippen molar-refractivity contribution in [3.8, 4) is 0 Å². The summed E-state index contributed by atoms with van der Waals surface area (Å²) in [5, 5.41) is 3.62. The standard InChI is InChI=1S/C12H26N2S/c1-5-11-8-14(10(3)7-13-11)12(6-2)9-15-4/h10-13H,5-9H2,1-4H3. The first-order chi connectivity index (χ1) is 7.22. The summed E-state index contributed by atoms with van der Waals surface area (Å²) in [6.45, 7) is 9.33. The zero-order valence-electron chi connectivity index (χ0n) is 10.6. The Labute approximate surface area is 99.2 Å². The molecule has 15 heavy (non-hydrogen) atoms. The lowest BCUT2D eigenvalue weighted by atomic mass is 10.0. The van der Waals surface area contributed by atoms with Crippen molar-refractivity contribution in [3.63, 3.8) is 0 Å². The predicted molar refractivity (Wildman–Crippen MR) is 70.7 cm³/mol. The molecule has 0 aliphatic carbocycles. The first kappa shape index (κ1) is 13.3. The van der Waals surface area contributed by atoms with Crippen LogP contribution in [0.3, 0.4) is 0 Å². The van der Waals surface area contributed by atoms with E-state index in [0.29, 0.717) is 12.1 Å². The number of rotatable bonds is 5. The van der Waals surface area contributed by atoms with Gasteiger partial charge in [0.1, 0.15) is 0 Å². The Kier molecular flexibility index (Phi) is 6.02. The van der Waals surface area contributed by atoms with E-state index >= 15 is 0 Å². The maximum atomic E-state index is 3.62. The Morgan fingerprint density at radius 2 is 2.20 bits per heavy atom. The highest BCUT2D eigenvalue weighted by Gasteiger charge is 2.28. The second kappa shape index (κ2) is 6.77. The molecule has 0 aromatic carbocycles. The molecular formula is C12H26N2S. The van der Waals surface area contributed by atoms with Crippen LogP contribution in [0.4, 0.5) is 0 Å². The molecule has 1 aliphatic rings. The molecule has 0 aromatic heterocycles.